The summed E-state index contributed by atoms with van der Waals surface area (Å²) in [5.74, 6) is 0. The van der Waals surface area contributed by atoms with Gasteiger partial charge in [-0.2, -0.15) is 0 Å². The molecule has 164 valence electrons. The number of nitrogens with zero attached hydrogens (tertiary/aromatic N) is 1. The van der Waals surface area contributed by atoms with E-state index in [2.05, 4.69) is 64.6 Å². The van der Waals surface area contributed by atoms with Gasteiger partial charge in [0.15, 0.2) is 0 Å². The van der Waals surface area contributed by atoms with Crippen molar-refractivity contribution in [2.45, 2.75) is 34.2 Å². The molecule has 4 rings (SSSR count). The number of benzene rings is 1. The third kappa shape index (κ3) is 4.75. The molecule has 1 aromatic carbocycles. The number of fused-ring (bicyclic) bond motifs is 2. The topological polar surface area (TPSA) is 52.7 Å². The molecule has 0 aliphatic carbocycles. The molecule has 4 nitrogen and oxygen atoms in total. The second-order valence-electron chi connectivity index (χ2n) is 7.55. The lowest BCUT2D eigenvalue weighted by Crippen LogP contribution is -2.09. The average Bonchev–Trinajstić information content (AvgIpc) is 3.40. The van der Waals surface area contributed by atoms with E-state index in [1.165, 1.54) is 11.1 Å². The fourth-order valence-corrected chi connectivity index (χ4v) is 3.59. The number of pyridine rings is 1. The number of aromatic nitrogens is 2. The first-order valence-corrected chi connectivity index (χ1v) is 11.0. The largest absolute Gasteiger partial charge is 0.381 e. The van der Waals surface area contributed by atoms with E-state index in [0.717, 1.165) is 56.9 Å². The van der Waals surface area contributed by atoms with Crippen LogP contribution >= 0.6 is 0 Å². The van der Waals surface area contributed by atoms with Crippen molar-refractivity contribution in [1.29, 1.82) is 0 Å². The molecule has 32 heavy (non-hydrogen) atoms. The number of rotatable bonds is 6. The molecular weight excluding hydrogens is 392 g/mol. The lowest BCUT2D eigenvalue weighted by atomic mass is 9.99. The first-order chi connectivity index (χ1) is 15.5. The smallest absolute Gasteiger partial charge is 0.137 e. The molecule has 3 heterocycles. The van der Waals surface area contributed by atoms with Crippen molar-refractivity contribution in [1.82, 2.24) is 20.6 Å². The summed E-state index contributed by atoms with van der Waals surface area (Å²) < 4.78 is 0. The summed E-state index contributed by atoms with van der Waals surface area (Å²) >= 11 is 0. The van der Waals surface area contributed by atoms with E-state index >= 15 is 0 Å². The highest BCUT2D eigenvalue weighted by Crippen LogP contribution is 2.33. The van der Waals surface area contributed by atoms with Crippen molar-refractivity contribution in [2.75, 3.05) is 0 Å². The van der Waals surface area contributed by atoms with Crippen molar-refractivity contribution in [3.63, 3.8) is 0 Å². The Labute approximate surface area is 191 Å². The molecule has 0 spiro atoms. The van der Waals surface area contributed by atoms with E-state index in [9.17, 15) is 0 Å². The molecule has 0 saturated heterocycles. The maximum atomic E-state index is 4.61. The van der Waals surface area contributed by atoms with Gasteiger partial charge in [-0.15, -0.1) is 0 Å². The van der Waals surface area contributed by atoms with Crippen LogP contribution in [0.15, 0.2) is 85.9 Å². The van der Waals surface area contributed by atoms with Crippen LogP contribution in [0, 0.1) is 0 Å². The van der Waals surface area contributed by atoms with Gasteiger partial charge in [0.2, 0.25) is 0 Å². The van der Waals surface area contributed by atoms with Crippen LogP contribution in [0.1, 0.15) is 44.4 Å². The van der Waals surface area contributed by atoms with E-state index in [1.807, 2.05) is 58.3 Å². The minimum absolute atomic E-state index is 0.797. The number of aromatic amines is 1. The summed E-state index contributed by atoms with van der Waals surface area (Å²) in [5, 5.41) is 7.74. The van der Waals surface area contributed by atoms with Gasteiger partial charge in [0, 0.05) is 58.1 Å². The van der Waals surface area contributed by atoms with E-state index in [4.69, 9.17) is 0 Å². The number of allylic oxidation sites excluding steroid dienone is 4. The maximum Gasteiger partial charge on any atom is 0.137 e. The Bertz CT molecular complexity index is 1240. The third-order valence-corrected chi connectivity index (χ3v) is 5.27. The van der Waals surface area contributed by atoms with E-state index in [1.54, 1.807) is 0 Å². The minimum atomic E-state index is 0.797. The van der Waals surface area contributed by atoms with Crippen LogP contribution in [0.25, 0.3) is 33.6 Å². The Hall–Kier alpha value is -3.79. The second kappa shape index (κ2) is 10.0. The number of nitrogens with one attached hydrogen (secondary N) is 3. The van der Waals surface area contributed by atoms with E-state index in [-0.39, 0.29) is 0 Å². The zero-order chi connectivity index (χ0) is 23.3. The van der Waals surface area contributed by atoms with Gasteiger partial charge in [0.05, 0.1) is 0 Å². The van der Waals surface area contributed by atoms with Gasteiger partial charge in [-0.25, -0.2) is 4.98 Å². The van der Waals surface area contributed by atoms with Crippen LogP contribution in [0.2, 0.25) is 0 Å². The standard InChI is InChI=1S/C26H26N4.C2H6/c1-6-22(9-7-16(2)3)30-17(4)20-12-24-25(15-29-26(24)28-13-20)19-8-10-23-18(5)27-14-21(23)11-19;1-2/h6-13,15,27,30H,2,4-5,14H2,1,3H3,(H,28,29);1-2H3/b9-7-,22-6+;. The van der Waals surface area contributed by atoms with Crippen LogP contribution in [0.3, 0.4) is 0 Å². The Balaban J connectivity index is 0.00000141. The molecule has 0 fully saturated rings. The molecule has 0 unspecified atom stereocenters. The van der Waals surface area contributed by atoms with Crippen LogP contribution in [0.4, 0.5) is 0 Å². The minimum Gasteiger partial charge on any atom is -0.381 e. The van der Waals surface area contributed by atoms with Crippen molar-refractivity contribution >= 4 is 22.4 Å². The highest BCUT2D eigenvalue weighted by atomic mass is 14.9. The van der Waals surface area contributed by atoms with Crippen molar-refractivity contribution in [3.8, 4) is 11.1 Å². The Kier molecular flexibility index (Phi) is 7.16. The lowest BCUT2D eigenvalue weighted by molar-refractivity contribution is 0.946. The Morgan fingerprint density at radius 2 is 1.91 bits per heavy atom. The molecule has 2 aromatic heterocycles. The first-order valence-electron chi connectivity index (χ1n) is 11.0. The van der Waals surface area contributed by atoms with Crippen molar-refractivity contribution in [3.05, 3.63) is 103 Å². The monoisotopic (exact) mass is 424 g/mol. The van der Waals surface area contributed by atoms with Gasteiger partial charge in [0.1, 0.15) is 5.65 Å². The van der Waals surface area contributed by atoms with Crippen LogP contribution in [-0.4, -0.2) is 9.97 Å². The zero-order valence-electron chi connectivity index (χ0n) is 19.5. The Morgan fingerprint density at radius 3 is 2.62 bits per heavy atom. The SMILES string of the molecule is C=C(C)/C=C\C(=C/C)NC(=C)c1cnc2[nH]cc(-c3ccc4c(c3)CNC4=C)c2c1.CC. The van der Waals surface area contributed by atoms with Gasteiger partial charge in [-0.05, 0) is 43.2 Å². The van der Waals surface area contributed by atoms with Gasteiger partial charge in [-0.3, -0.25) is 0 Å². The molecule has 0 amide bonds. The molecule has 0 saturated carbocycles. The number of hydrogen-bond donors (Lipinski definition) is 3. The summed E-state index contributed by atoms with van der Waals surface area (Å²) in [6.45, 7) is 21.0. The van der Waals surface area contributed by atoms with Crippen LogP contribution in [-0.2, 0) is 6.54 Å². The van der Waals surface area contributed by atoms with Crippen LogP contribution < -0.4 is 10.6 Å². The summed E-state index contributed by atoms with van der Waals surface area (Å²) in [4.78, 5) is 7.89. The highest BCUT2D eigenvalue weighted by Gasteiger charge is 2.16. The fourth-order valence-electron chi connectivity index (χ4n) is 3.59. The summed E-state index contributed by atoms with van der Waals surface area (Å²) in [7, 11) is 0. The summed E-state index contributed by atoms with van der Waals surface area (Å²) in [6.07, 6.45) is 9.82. The zero-order valence-corrected chi connectivity index (χ0v) is 19.5. The van der Waals surface area contributed by atoms with E-state index in [0.29, 0.717) is 0 Å². The van der Waals surface area contributed by atoms with E-state index < -0.39 is 0 Å². The number of hydrogen-bond acceptors (Lipinski definition) is 3. The molecule has 3 N–H and O–H groups in total. The molecule has 1 aliphatic rings. The first kappa shape index (κ1) is 22.9. The fraction of sp³-hybridized carbons (Fsp3) is 0.179. The van der Waals surface area contributed by atoms with Crippen molar-refractivity contribution in [2.24, 2.45) is 0 Å². The lowest BCUT2D eigenvalue weighted by Gasteiger charge is -2.11. The second-order valence-corrected chi connectivity index (χ2v) is 7.55. The maximum absolute atomic E-state index is 4.61. The van der Waals surface area contributed by atoms with Gasteiger partial charge in [0.25, 0.3) is 0 Å². The van der Waals surface area contributed by atoms with Crippen molar-refractivity contribution < 1.29 is 0 Å². The van der Waals surface area contributed by atoms with Gasteiger partial charge >= 0.3 is 0 Å². The summed E-state index contributed by atoms with van der Waals surface area (Å²) in [5.41, 5.74) is 10.3. The number of H-pyrrole nitrogens is 1. The molecular formula is C28H32N4. The quantitative estimate of drug-likeness (QED) is 0.376. The molecule has 0 radical (unpaired) electrons. The highest BCUT2D eigenvalue weighted by molar-refractivity contribution is 5.95. The molecule has 1 aliphatic heterocycles. The average molecular weight is 425 g/mol. The molecule has 0 bridgehead atoms. The third-order valence-electron chi connectivity index (χ3n) is 5.27. The molecule has 3 aromatic rings. The van der Waals surface area contributed by atoms with Gasteiger partial charge in [-0.1, -0.05) is 63.4 Å². The molecule has 4 heteroatoms. The van der Waals surface area contributed by atoms with Gasteiger partial charge < -0.3 is 15.6 Å². The van der Waals surface area contributed by atoms with Crippen LogP contribution in [0.5, 0.6) is 0 Å². The predicted octanol–water partition coefficient (Wildman–Crippen LogP) is 6.93. The normalized spacial score (nSPS) is 12.9. The Morgan fingerprint density at radius 1 is 1.12 bits per heavy atom. The molecule has 0 atom stereocenters. The predicted molar refractivity (Wildman–Crippen MR) is 139 cm³/mol. The summed E-state index contributed by atoms with van der Waals surface area (Å²) in [6, 6.07) is 8.63.